The maximum Gasteiger partial charge on any atom is 0.0988 e. The van der Waals surface area contributed by atoms with E-state index in [0.29, 0.717) is 12.0 Å². The SMILES string of the molecule is N#CC(/C=C\N)=C/Cc1ccc(-c2ccc3c4c5ccccc5c(-c5ccccc5)cc4n(-c4ccccc4)c3c2)cc1. The van der Waals surface area contributed by atoms with Gasteiger partial charge in [-0.2, -0.15) is 5.26 Å². The summed E-state index contributed by atoms with van der Waals surface area (Å²) in [5, 5.41) is 14.3. The Hall–Kier alpha value is -5.85. The molecule has 0 fully saturated rings. The molecule has 0 unspecified atom stereocenters. The lowest BCUT2D eigenvalue weighted by atomic mass is 9.94. The molecule has 0 aliphatic rings. The summed E-state index contributed by atoms with van der Waals surface area (Å²) in [5.74, 6) is 0. The molecule has 3 heteroatoms. The van der Waals surface area contributed by atoms with E-state index in [4.69, 9.17) is 5.73 Å². The van der Waals surface area contributed by atoms with E-state index in [1.165, 1.54) is 49.9 Å². The third-order valence-corrected chi connectivity index (χ3v) is 8.12. The fraction of sp³-hybridized carbons (Fsp3) is 0.0250. The number of nitriles is 1. The van der Waals surface area contributed by atoms with Gasteiger partial charge in [0.15, 0.2) is 0 Å². The molecular formula is C40H29N3. The fourth-order valence-electron chi connectivity index (χ4n) is 6.08. The van der Waals surface area contributed by atoms with Crippen molar-refractivity contribution in [2.24, 2.45) is 5.73 Å². The molecule has 1 aromatic heterocycles. The number of hydrogen-bond acceptors (Lipinski definition) is 2. The Labute approximate surface area is 251 Å². The van der Waals surface area contributed by atoms with E-state index in [-0.39, 0.29) is 0 Å². The van der Waals surface area contributed by atoms with Crippen LogP contribution in [0.5, 0.6) is 0 Å². The van der Waals surface area contributed by atoms with E-state index in [1.807, 2.05) is 6.08 Å². The molecule has 0 saturated carbocycles. The minimum absolute atomic E-state index is 0.564. The van der Waals surface area contributed by atoms with Crippen molar-refractivity contribution >= 4 is 32.6 Å². The Kier molecular flexibility index (Phi) is 6.79. The third-order valence-electron chi connectivity index (χ3n) is 8.12. The van der Waals surface area contributed by atoms with Crippen molar-refractivity contribution < 1.29 is 0 Å². The quantitative estimate of drug-likeness (QED) is 0.165. The van der Waals surface area contributed by atoms with Crippen LogP contribution >= 0.6 is 0 Å². The van der Waals surface area contributed by atoms with Gasteiger partial charge in [-0.1, -0.05) is 115 Å². The molecule has 1 heterocycles. The van der Waals surface area contributed by atoms with Crippen molar-refractivity contribution in [3.8, 4) is 34.0 Å². The summed E-state index contributed by atoms with van der Waals surface area (Å²) >= 11 is 0. The molecule has 0 aliphatic carbocycles. The van der Waals surface area contributed by atoms with Gasteiger partial charge in [-0.3, -0.25) is 0 Å². The number of fused-ring (bicyclic) bond motifs is 5. The summed E-state index contributed by atoms with van der Waals surface area (Å²) in [6, 6.07) is 50.0. The van der Waals surface area contributed by atoms with Gasteiger partial charge in [-0.15, -0.1) is 0 Å². The summed E-state index contributed by atoms with van der Waals surface area (Å²) in [7, 11) is 0. The van der Waals surface area contributed by atoms with E-state index < -0.39 is 0 Å². The highest BCUT2D eigenvalue weighted by atomic mass is 15.0. The van der Waals surface area contributed by atoms with Crippen molar-refractivity contribution in [3.63, 3.8) is 0 Å². The molecule has 6 aromatic carbocycles. The summed E-state index contributed by atoms with van der Waals surface area (Å²) in [6.45, 7) is 0. The molecule has 0 radical (unpaired) electrons. The number of aromatic nitrogens is 1. The monoisotopic (exact) mass is 551 g/mol. The maximum atomic E-state index is 9.28. The van der Waals surface area contributed by atoms with Crippen molar-refractivity contribution in [1.29, 1.82) is 5.26 Å². The minimum atomic E-state index is 0.564. The average molecular weight is 552 g/mol. The van der Waals surface area contributed by atoms with Gasteiger partial charge in [0.2, 0.25) is 0 Å². The third kappa shape index (κ3) is 4.76. The van der Waals surface area contributed by atoms with Crippen LogP contribution in [0, 0.1) is 11.3 Å². The fourth-order valence-corrected chi connectivity index (χ4v) is 6.08. The number of para-hydroxylation sites is 1. The van der Waals surface area contributed by atoms with Gasteiger partial charge >= 0.3 is 0 Å². The first kappa shape index (κ1) is 26.1. The molecule has 0 atom stereocenters. The van der Waals surface area contributed by atoms with Crippen LogP contribution in [0.2, 0.25) is 0 Å². The van der Waals surface area contributed by atoms with Crippen LogP contribution < -0.4 is 5.73 Å². The molecular weight excluding hydrogens is 522 g/mol. The van der Waals surface area contributed by atoms with E-state index in [0.717, 1.165) is 22.4 Å². The molecule has 7 aromatic rings. The number of hydrogen-bond donors (Lipinski definition) is 1. The zero-order valence-electron chi connectivity index (χ0n) is 23.6. The summed E-state index contributed by atoms with van der Waals surface area (Å²) in [5.41, 5.74) is 15.4. The van der Waals surface area contributed by atoms with Crippen molar-refractivity contribution in [1.82, 2.24) is 4.57 Å². The van der Waals surface area contributed by atoms with Crippen LogP contribution in [-0.2, 0) is 6.42 Å². The summed E-state index contributed by atoms with van der Waals surface area (Å²) in [4.78, 5) is 0. The van der Waals surface area contributed by atoms with Crippen LogP contribution in [0.25, 0.3) is 60.5 Å². The highest BCUT2D eigenvalue weighted by Gasteiger charge is 2.18. The molecule has 0 aliphatic heterocycles. The van der Waals surface area contributed by atoms with Gasteiger partial charge in [0.1, 0.15) is 0 Å². The van der Waals surface area contributed by atoms with Crippen LogP contribution in [0.1, 0.15) is 5.56 Å². The topological polar surface area (TPSA) is 54.7 Å². The van der Waals surface area contributed by atoms with E-state index in [2.05, 4.69) is 144 Å². The molecule has 7 rings (SSSR count). The van der Waals surface area contributed by atoms with E-state index in [1.54, 1.807) is 6.08 Å². The summed E-state index contributed by atoms with van der Waals surface area (Å²) < 4.78 is 2.40. The van der Waals surface area contributed by atoms with Crippen molar-refractivity contribution in [2.75, 3.05) is 0 Å². The second-order valence-electron chi connectivity index (χ2n) is 10.7. The highest BCUT2D eigenvalue weighted by molar-refractivity contribution is 6.24. The first-order valence-corrected chi connectivity index (χ1v) is 14.4. The lowest BCUT2D eigenvalue weighted by molar-refractivity contribution is 1.18. The number of allylic oxidation sites excluding steroid dienone is 3. The number of rotatable bonds is 6. The Bertz CT molecular complexity index is 2200. The number of nitrogens with two attached hydrogens (primary N) is 1. The minimum Gasteiger partial charge on any atom is -0.405 e. The second-order valence-corrected chi connectivity index (χ2v) is 10.7. The first-order chi connectivity index (χ1) is 21.2. The predicted molar refractivity (Wildman–Crippen MR) is 180 cm³/mol. The van der Waals surface area contributed by atoms with Gasteiger partial charge in [-0.05, 0) is 81.6 Å². The smallest absolute Gasteiger partial charge is 0.0988 e. The zero-order chi connectivity index (χ0) is 29.2. The second kappa shape index (κ2) is 11.2. The molecule has 3 nitrogen and oxygen atoms in total. The van der Waals surface area contributed by atoms with Crippen LogP contribution in [0.15, 0.2) is 157 Å². The van der Waals surface area contributed by atoms with Gasteiger partial charge in [-0.25, -0.2) is 0 Å². The molecule has 0 spiro atoms. The zero-order valence-corrected chi connectivity index (χ0v) is 23.6. The lowest BCUT2D eigenvalue weighted by Crippen LogP contribution is -1.94. The number of benzene rings is 6. The lowest BCUT2D eigenvalue weighted by Gasteiger charge is -2.12. The summed E-state index contributed by atoms with van der Waals surface area (Å²) in [6.07, 6.45) is 5.60. The van der Waals surface area contributed by atoms with Crippen molar-refractivity contribution in [3.05, 3.63) is 163 Å². The van der Waals surface area contributed by atoms with Crippen LogP contribution in [0.4, 0.5) is 0 Å². The Morgan fingerprint density at radius 2 is 1.33 bits per heavy atom. The number of nitrogens with zero attached hydrogens (tertiary/aromatic N) is 2. The molecule has 0 amide bonds. The van der Waals surface area contributed by atoms with Crippen LogP contribution in [0.3, 0.4) is 0 Å². The van der Waals surface area contributed by atoms with Gasteiger partial charge < -0.3 is 10.3 Å². The predicted octanol–water partition coefficient (Wildman–Crippen LogP) is 9.74. The normalized spacial score (nSPS) is 11.9. The van der Waals surface area contributed by atoms with Crippen LogP contribution in [-0.4, -0.2) is 4.57 Å². The molecule has 204 valence electrons. The van der Waals surface area contributed by atoms with E-state index >= 15 is 0 Å². The van der Waals surface area contributed by atoms with E-state index in [9.17, 15) is 5.26 Å². The Balaban J connectivity index is 1.43. The first-order valence-electron chi connectivity index (χ1n) is 14.4. The highest BCUT2D eigenvalue weighted by Crippen LogP contribution is 2.42. The molecule has 0 bridgehead atoms. The maximum absolute atomic E-state index is 9.28. The largest absolute Gasteiger partial charge is 0.405 e. The van der Waals surface area contributed by atoms with Gasteiger partial charge in [0.05, 0.1) is 17.1 Å². The van der Waals surface area contributed by atoms with Gasteiger partial charge in [0.25, 0.3) is 0 Å². The molecule has 43 heavy (non-hydrogen) atoms. The van der Waals surface area contributed by atoms with Gasteiger partial charge in [0, 0.05) is 22.0 Å². The standard InChI is InChI=1S/C40H29N3/c41-24-23-29(27-42)16-15-28-17-19-30(20-18-28)32-21-22-36-38(25-32)43(33-11-5-2-6-12-33)39-26-37(31-9-3-1-4-10-31)34-13-7-8-14-35(34)40(36)39/h1-14,16-26H,15,41H2/b24-23-,29-16+. The Morgan fingerprint density at radius 1 is 0.651 bits per heavy atom. The van der Waals surface area contributed by atoms with Crippen molar-refractivity contribution in [2.45, 2.75) is 6.42 Å². The average Bonchev–Trinajstić information content (AvgIpc) is 3.41. The Morgan fingerprint density at radius 3 is 2.05 bits per heavy atom. The molecule has 2 N–H and O–H groups in total. The molecule has 0 saturated heterocycles.